The van der Waals surface area contributed by atoms with Gasteiger partial charge in [-0.15, -0.1) is 11.3 Å². The number of aryl methyl sites for hydroxylation is 3. The number of amides is 1. The summed E-state index contributed by atoms with van der Waals surface area (Å²) >= 11 is 1.76. The summed E-state index contributed by atoms with van der Waals surface area (Å²) in [5.41, 5.74) is 1.23. The Bertz CT molecular complexity index is 920. The minimum Gasteiger partial charge on any atom is -0.355 e. The van der Waals surface area contributed by atoms with Crippen molar-refractivity contribution in [3.63, 3.8) is 0 Å². The maximum atomic E-state index is 13.7. The zero-order chi connectivity index (χ0) is 20.1. The first kappa shape index (κ1) is 20.9. The van der Waals surface area contributed by atoms with Gasteiger partial charge in [-0.1, -0.05) is 12.1 Å². The summed E-state index contributed by atoms with van der Waals surface area (Å²) in [7, 11) is -4.10. The van der Waals surface area contributed by atoms with Crippen molar-refractivity contribution < 1.29 is 17.6 Å². The topological polar surface area (TPSA) is 88.2 Å². The summed E-state index contributed by atoms with van der Waals surface area (Å²) in [5.74, 6) is -1.30. The van der Waals surface area contributed by atoms with Gasteiger partial charge >= 0.3 is 0 Å². The molecule has 0 saturated carbocycles. The van der Waals surface area contributed by atoms with Crippen LogP contribution in [0.3, 0.4) is 0 Å². The molecule has 0 radical (unpaired) electrons. The van der Waals surface area contributed by atoms with E-state index in [0.29, 0.717) is 6.54 Å². The van der Waals surface area contributed by atoms with Crippen LogP contribution in [0.5, 0.6) is 0 Å². The molecule has 152 valence electrons. The van der Waals surface area contributed by atoms with Gasteiger partial charge in [0.1, 0.15) is 10.7 Å². The molecule has 3 rings (SSSR count). The molecule has 1 aromatic carbocycles. The maximum absolute atomic E-state index is 13.7. The first-order valence-corrected chi connectivity index (χ1v) is 11.7. The normalized spacial score (nSPS) is 15.1. The zero-order valence-electron chi connectivity index (χ0n) is 15.7. The summed E-state index contributed by atoms with van der Waals surface area (Å²) in [6.07, 6.45) is 6.11. The van der Waals surface area contributed by atoms with Crippen molar-refractivity contribution >= 4 is 27.3 Å². The lowest BCUT2D eigenvalue weighted by atomic mass is 10.0. The minimum absolute atomic E-state index is 0.425. The van der Waals surface area contributed by atoms with Crippen molar-refractivity contribution in [1.82, 2.24) is 15.0 Å². The van der Waals surface area contributed by atoms with E-state index in [-0.39, 0.29) is 0 Å². The van der Waals surface area contributed by atoms with E-state index in [4.69, 9.17) is 0 Å². The van der Waals surface area contributed by atoms with Crippen LogP contribution in [0.1, 0.15) is 41.8 Å². The van der Waals surface area contributed by atoms with E-state index >= 15 is 0 Å². The molecule has 6 nitrogen and oxygen atoms in total. The number of carbonyl (C=O) groups excluding carboxylic acids is 1. The van der Waals surface area contributed by atoms with Gasteiger partial charge in [0.15, 0.2) is 0 Å². The molecule has 1 aliphatic rings. The number of nitrogens with zero attached hydrogens (tertiary/aromatic N) is 1. The van der Waals surface area contributed by atoms with Gasteiger partial charge in [0.25, 0.3) is 0 Å². The lowest BCUT2D eigenvalue weighted by molar-refractivity contribution is -0.122. The van der Waals surface area contributed by atoms with Gasteiger partial charge in [-0.25, -0.2) is 17.8 Å². The molecule has 0 bridgehead atoms. The molecule has 0 unspecified atom stereocenters. The first-order chi connectivity index (χ1) is 13.4. The van der Waals surface area contributed by atoms with E-state index in [9.17, 15) is 17.6 Å². The quantitative estimate of drug-likeness (QED) is 0.637. The van der Waals surface area contributed by atoms with E-state index in [1.807, 2.05) is 0 Å². The van der Waals surface area contributed by atoms with Gasteiger partial charge in [-0.3, -0.25) is 4.79 Å². The van der Waals surface area contributed by atoms with E-state index < -0.39 is 32.7 Å². The standard InChI is InChI=1S/C19H24FN3O3S2/c1-13(23-28(25,26)17-10-5-2-7-14(17)20)19(24)21-12-6-11-18-22-15-8-3-4-9-16(15)27-18/h2,5,7,10,13,23H,3-4,6,8-9,11-12H2,1H3,(H,21,24)/t13-/m0/s1. The van der Waals surface area contributed by atoms with Crippen LogP contribution in [0.2, 0.25) is 0 Å². The third-order valence-electron chi connectivity index (χ3n) is 4.61. The molecule has 1 aliphatic carbocycles. The zero-order valence-corrected chi connectivity index (χ0v) is 17.3. The Morgan fingerprint density at radius 2 is 2.04 bits per heavy atom. The SMILES string of the molecule is C[C@H](NS(=O)(=O)c1ccccc1F)C(=O)NCCCc1nc2c(s1)CCCC2. The second-order valence-electron chi connectivity index (χ2n) is 6.85. The van der Waals surface area contributed by atoms with Crippen LogP contribution < -0.4 is 10.0 Å². The summed E-state index contributed by atoms with van der Waals surface area (Å²) in [6, 6.07) is 4.06. The van der Waals surface area contributed by atoms with Crippen LogP contribution in [0.4, 0.5) is 4.39 Å². The van der Waals surface area contributed by atoms with Crippen LogP contribution in [0.15, 0.2) is 29.2 Å². The largest absolute Gasteiger partial charge is 0.355 e. The van der Waals surface area contributed by atoms with Gasteiger partial charge in [0.05, 0.1) is 16.7 Å². The molecule has 0 fully saturated rings. The average Bonchev–Trinajstić information content (AvgIpc) is 3.07. The van der Waals surface area contributed by atoms with Crippen molar-refractivity contribution in [2.24, 2.45) is 0 Å². The number of sulfonamides is 1. The number of hydrogen-bond acceptors (Lipinski definition) is 5. The number of hydrogen-bond donors (Lipinski definition) is 2. The average molecular weight is 426 g/mol. The number of halogens is 1. The van der Waals surface area contributed by atoms with E-state index in [2.05, 4.69) is 15.0 Å². The maximum Gasteiger partial charge on any atom is 0.244 e. The first-order valence-electron chi connectivity index (χ1n) is 9.39. The molecule has 0 spiro atoms. The Hall–Kier alpha value is -1.84. The highest BCUT2D eigenvalue weighted by molar-refractivity contribution is 7.89. The van der Waals surface area contributed by atoms with E-state index in [1.165, 1.54) is 42.5 Å². The number of benzene rings is 1. The smallest absolute Gasteiger partial charge is 0.244 e. The molecule has 2 aromatic rings. The molecule has 2 N–H and O–H groups in total. The molecule has 1 aromatic heterocycles. The van der Waals surface area contributed by atoms with Crippen LogP contribution in [0.25, 0.3) is 0 Å². The third-order valence-corrected chi connectivity index (χ3v) is 7.40. The number of fused-ring (bicyclic) bond motifs is 1. The second kappa shape index (κ2) is 9.11. The lowest BCUT2D eigenvalue weighted by Crippen LogP contribution is -2.45. The molecule has 1 heterocycles. The fraction of sp³-hybridized carbons (Fsp3) is 0.474. The van der Waals surface area contributed by atoms with Crippen molar-refractivity contribution in [1.29, 1.82) is 0 Å². The van der Waals surface area contributed by atoms with Crippen molar-refractivity contribution in [2.75, 3.05) is 6.54 Å². The number of thiazole rings is 1. The highest BCUT2D eigenvalue weighted by atomic mass is 32.2. The fourth-order valence-corrected chi connectivity index (χ4v) is 5.61. The molecular formula is C19H24FN3O3S2. The van der Waals surface area contributed by atoms with Crippen molar-refractivity contribution in [2.45, 2.75) is 56.4 Å². The number of carbonyl (C=O) groups is 1. The van der Waals surface area contributed by atoms with Crippen LogP contribution in [-0.4, -0.2) is 31.9 Å². The summed E-state index contributed by atoms with van der Waals surface area (Å²) in [4.78, 5) is 17.8. The molecule has 1 amide bonds. The van der Waals surface area contributed by atoms with E-state index in [0.717, 1.165) is 42.8 Å². The highest BCUT2D eigenvalue weighted by Gasteiger charge is 2.24. The number of nitrogens with one attached hydrogen (secondary N) is 2. The van der Waals surface area contributed by atoms with Crippen LogP contribution >= 0.6 is 11.3 Å². The van der Waals surface area contributed by atoms with Crippen molar-refractivity contribution in [3.8, 4) is 0 Å². The van der Waals surface area contributed by atoms with E-state index in [1.54, 1.807) is 11.3 Å². The number of aromatic nitrogens is 1. The Balaban J connectivity index is 1.45. The second-order valence-corrected chi connectivity index (χ2v) is 9.70. The predicted octanol–water partition coefficient (Wildman–Crippen LogP) is 2.58. The Morgan fingerprint density at radius 1 is 1.29 bits per heavy atom. The summed E-state index contributed by atoms with van der Waals surface area (Å²) < 4.78 is 40.4. The van der Waals surface area contributed by atoms with Crippen LogP contribution in [0, 0.1) is 5.82 Å². The number of rotatable bonds is 8. The molecule has 28 heavy (non-hydrogen) atoms. The Morgan fingerprint density at radius 3 is 2.79 bits per heavy atom. The summed E-state index contributed by atoms with van der Waals surface area (Å²) in [6.45, 7) is 1.86. The highest BCUT2D eigenvalue weighted by Crippen LogP contribution is 2.27. The van der Waals surface area contributed by atoms with Gasteiger partial charge in [-0.05, 0) is 51.2 Å². The van der Waals surface area contributed by atoms with Crippen molar-refractivity contribution in [3.05, 3.63) is 45.7 Å². The van der Waals surface area contributed by atoms with Crippen LogP contribution in [-0.2, 0) is 34.1 Å². The third kappa shape index (κ3) is 5.15. The van der Waals surface area contributed by atoms with Gasteiger partial charge < -0.3 is 5.32 Å². The molecule has 0 aliphatic heterocycles. The molecule has 9 heteroatoms. The molecule has 1 atom stereocenters. The van der Waals surface area contributed by atoms with Gasteiger partial charge in [-0.2, -0.15) is 4.72 Å². The van der Waals surface area contributed by atoms with Gasteiger partial charge in [0, 0.05) is 17.8 Å². The Labute approximate surface area is 168 Å². The minimum atomic E-state index is -4.10. The fourth-order valence-electron chi connectivity index (χ4n) is 3.13. The molecule has 0 saturated heterocycles. The molecular weight excluding hydrogens is 401 g/mol. The predicted molar refractivity (Wildman–Crippen MR) is 106 cm³/mol. The Kier molecular flexibility index (Phi) is 6.79. The summed E-state index contributed by atoms with van der Waals surface area (Å²) in [5, 5.41) is 3.81. The lowest BCUT2D eigenvalue weighted by Gasteiger charge is -2.14. The monoisotopic (exact) mass is 425 g/mol. The van der Waals surface area contributed by atoms with Gasteiger partial charge in [0.2, 0.25) is 15.9 Å².